The second kappa shape index (κ2) is 6.93. The summed E-state index contributed by atoms with van der Waals surface area (Å²) in [6.45, 7) is 2.49. The van der Waals surface area contributed by atoms with Gasteiger partial charge in [-0.05, 0) is 31.6 Å². The molecule has 2 aliphatic rings. The number of thioether (sulfide) groups is 1. The van der Waals surface area contributed by atoms with Gasteiger partial charge < -0.3 is 0 Å². The lowest BCUT2D eigenvalue weighted by atomic mass is 9.90. The van der Waals surface area contributed by atoms with Crippen LogP contribution in [0.25, 0.3) is 0 Å². The molecule has 0 radical (unpaired) electrons. The molecule has 2 fully saturated rings. The van der Waals surface area contributed by atoms with Crippen molar-refractivity contribution in [2.75, 3.05) is 0 Å². The minimum Gasteiger partial charge on any atom is -0.155 e. The molecule has 0 bridgehead atoms. The highest BCUT2D eigenvalue weighted by Crippen LogP contribution is 2.38. The lowest BCUT2D eigenvalue weighted by Gasteiger charge is -2.32. The van der Waals surface area contributed by atoms with Crippen molar-refractivity contribution in [3.8, 4) is 0 Å². The Balaban J connectivity index is 1.77. The molecule has 1 heteroatoms. The van der Waals surface area contributed by atoms with Gasteiger partial charge in [0, 0.05) is 10.5 Å². The first kappa shape index (κ1) is 12.8. The molecule has 2 atom stereocenters. The van der Waals surface area contributed by atoms with Gasteiger partial charge in [-0.15, -0.1) is 0 Å². The minimum absolute atomic E-state index is 0.990. The van der Waals surface area contributed by atoms with Crippen LogP contribution in [0.4, 0.5) is 0 Å². The van der Waals surface area contributed by atoms with Crippen LogP contribution in [0, 0.1) is 5.92 Å². The second-order valence-corrected chi connectivity index (χ2v) is 7.45. The molecule has 2 saturated carbocycles. The SMILES string of the molecule is CC1CCCCC1SC1CCCCCCC1. The van der Waals surface area contributed by atoms with Gasteiger partial charge in [-0.25, -0.2) is 0 Å². The standard InChI is InChI=1S/C15H28S/c1-13-9-7-8-12-15(13)16-14-10-5-3-2-4-6-11-14/h13-15H,2-12H2,1H3. The molecule has 94 valence electrons. The van der Waals surface area contributed by atoms with Gasteiger partial charge in [0.2, 0.25) is 0 Å². The Morgan fingerprint density at radius 1 is 0.688 bits per heavy atom. The van der Waals surface area contributed by atoms with Crippen molar-refractivity contribution in [3.63, 3.8) is 0 Å². The number of hydrogen-bond donors (Lipinski definition) is 0. The Kier molecular flexibility index (Phi) is 5.55. The van der Waals surface area contributed by atoms with E-state index in [0.717, 1.165) is 16.4 Å². The highest BCUT2D eigenvalue weighted by molar-refractivity contribution is 8.00. The van der Waals surface area contributed by atoms with Gasteiger partial charge in [-0.3, -0.25) is 0 Å². The highest BCUT2D eigenvalue weighted by Gasteiger charge is 2.25. The normalized spacial score (nSPS) is 34.3. The van der Waals surface area contributed by atoms with Crippen LogP contribution in [0.1, 0.15) is 77.6 Å². The lowest BCUT2D eigenvalue weighted by molar-refractivity contribution is 0.395. The topological polar surface area (TPSA) is 0 Å². The minimum atomic E-state index is 0.990. The van der Waals surface area contributed by atoms with E-state index in [1.165, 1.54) is 70.6 Å². The van der Waals surface area contributed by atoms with Gasteiger partial charge in [-0.1, -0.05) is 51.9 Å². The Hall–Kier alpha value is 0.350. The summed E-state index contributed by atoms with van der Waals surface area (Å²) in [6.07, 6.45) is 16.5. The first-order valence-electron chi connectivity index (χ1n) is 7.52. The van der Waals surface area contributed by atoms with Crippen molar-refractivity contribution in [1.82, 2.24) is 0 Å². The quantitative estimate of drug-likeness (QED) is 0.622. The Morgan fingerprint density at radius 2 is 1.25 bits per heavy atom. The van der Waals surface area contributed by atoms with Crippen LogP contribution in [0.2, 0.25) is 0 Å². The van der Waals surface area contributed by atoms with Gasteiger partial charge in [0.05, 0.1) is 0 Å². The molecule has 0 aromatic heterocycles. The van der Waals surface area contributed by atoms with Crippen molar-refractivity contribution >= 4 is 11.8 Å². The van der Waals surface area contributed by atoms with E-state index < -0.39 is 0 Å². The monoisotopic (exact) mass is 240 g/mol. The van der Waals surface area contributed by atoms with Crippen LogP contribution >= 0.6 is 11.8 Å². The average Bonchev–Trinajstić information content (AvgIpc) is 2.24. The van der Waals surface area contributed by atoms with E-state index in [1.54, 1.807) is 0 Å². The van der Waals surface area contributed by atoms with Crippen LogP contribution in [0.15, 0.2) is 0 Å². The largest absolute Gasteiger partial charge is 0.155 e. The Labute approximate surface area is 106 Å². The van der Waals surface area contributed by atoms with E-state index in [1.807, 2.05) is 0 Å². The third kappa shape index (κ3) is 3.98. The molecule has 0 aromatic rings. The maximum Gasteiger partial charge on any atom is 0.00754 e. The van der Waals surface area contributed by atoms with Crippen molar-refractivity contribution in [3.05, 3.63) is 0 Å². The van der Waals surface area contributed by atoms with Crippen LogP contribution in [0.5, 0.6) is 0 Å². The van der Waals surface area contributed by atoms with Gasteiger partial charge >= 0.3 is 0 Å². The van der Waals surface area contributed by atoms with Gasteiger partial charge in [0.1, 0.15) is 0 Å². The highest BCUT2D eigenvalue weighted by atomic mass is 32.2. The molecule has 2 rings (SSSR count). The zero-order chi connectivity index (χ0) is 11.2. The zero-order valence-electron chi connectivity index (χ0n) is 10.9. The molecule has 0 amide bonds. The molecule has 2 unspecified atom stereocenters. The van der Waals surface area contributed by atoms with Crippen molar-refractivity contribution < 1.29 is 0 Å². The molecule has 0 aliphatic heterocycles. The Morgan fingerprint density at radius 3 is 1.94 bits per heavy atom. The number of rotatable bonds is 2. The van der Waals surface area contributed by atoms with E-state index in [0.29, 0.717) is 0 Å². The van der Waals surface area contributed by atoms with E-state index in [9.17, 15) is 0 Å². The maximum absolute atomic E-state index is 2.49. The van der Waals surface area contributed by atoms with Crippen molar-refractivity contribution in [1.29, 1.82) is 0 Å². The van der Waals surface area contributed by atoms with E-state index >= 15 is 0 Å². The zero-order valence-corrected chi connectivity index (χ0v) is 11.7. The van der Waals surface area contributed by atoms with Crippen molar-refractivity contribution in [2.45, 2.75) is 88.1 Å². The van der Waals surface area contributed by atoms with Crippen molar-refractivity contribution in [2.24, 2.45) is 5.92 Å². The molecule has 0 nitrogen and oxygen atoms in total. The van der Waals surface area contributed by atoms with Crippen LogP contribution in [0.3, 0.4) is 0 Å². The number of hydrogen-bond acceptors (Lipinski definition) is 1. The summed E-state index contributed by atoms with van der Waals surface area (Å²) >= 11 is 2.37. The van der Waals surface area contributed by atoms with Gasteiger partial charge in [-0.2, -0.15) is 11.8 Å². The third-order valence-corrected chi connectivity index (χ3v) is 6.36. The summed E-state index contributed by atoms with van der Waals surface area (Å²) in [4.78, 5) is 0. The van der Waals surface area contributed by atoms with Crippen LogP contribution < -0.4 is 0 Å². The second-order valence-electron chi connectivity index (χ2n) is 5.90. The Bertz CT molecular complexity index is 182. The predicted molar refractivity (Wildman–Crippen MR) is 75.1 cm³/mol. The van der Waals surface area contributed by atoms with E-state index in [2.05, 4.69) is 18.7 Å². The summed E-state index contributed by atoms with van der Waals surface area (Å²) < 4.78 is 0. The fourth-order valence-electron chi connectivity index (χ4n) is 3.29. The van der Waals surface area contributed by atoms with E-state index in [4.69, 9.17) is 0 Å². The average molecular weight is 240 g/mol. The molecule has 0 aromatic carbocycles. The van der Waals surface area contributed by atoms with Gasteiger partial charge in [0.15, 0.2) is 0 Å². The smallest absolute Gasteiger partial charge is 0.00754 e. The summed E-state index contributed by atoms with van der Waals surface area (Å²) in [7, 11) is 0. The predicted octanol–water partition coefficient (Wildman–Crippen LogP) is 5.41. The lowest BCUT2D eigenvalue weighted by Crippen LogP contribution is -2.22. The summed E-state index contributed by atoms with van der Waals surface area (Å²) in [5.74, 6) is 0.990. The molecule has 0 saturated heterocycles. The summed E-state index contributed by atoms with van der Waals surface area (Å²) in [5.41, 5.74) is 0. The fraction of sp³-hybridized carbons (Fsp3) is 1.00. The molecule has 16 heavy (non-hydrogen) atoms. The molecule has 0 N–H and O–H groups in total. The third-order valence-electron chi connectivity index (χ3n) is 4.45. The maximum atomic E-state index is 2.49. The first-order valence-corrected chi connectivity index (χ1v) is 8.46. The molecule has 0 spiro atoms. The van der Waals surface area contributed by atoms with Crippen LogP contribution in [-0.2, 0) is 0 Å². The van der Waals surface area contributed by atoms with Crippen LogP contribution in [-0.4, -0.2) is 10.5 Å². The van der Waals surface area contributed by atoms with Gasteiger partial charge in [0.25, 0.3) is 0 Å². The molecule has 0 heterocycles. The fourth-order valence-corrected chi connectivity index (χ4v) is 5.09. The summed E-state index contributed by atoms with van der Waals surface area (Å²) in [6, 6.07) is 0. The molecular formula is C15H28S. The first-order chi connectivity index (χ1) is 7.86. The summed E-state index contributed by atoms with van der Waals surface area (Å²) in [5, 5.41) is 2.00. The molecule has 2 aliphatic carbocycles. The van der Waals surface area contributed by atoms with E-state index in [-0.39, 0.29) is 0 Å². The molecular weight excluding hydrogens is 212 g/mol.